The van der Waals surface area contributed by atoms with E-state index >= 15 is 0 Å². The third-order valence-electron chi connectivity index (χ3n) is 4.63. The van der Waals surface area contributed by atoms with Gasteiger partial charge in [0.1, 0.15) is 5.60 Å². The van der Waals surface area contributed by atoms with Crippen molar-refractivity contribution in [3.63, 3.8) is 0 Å². The van der Waals surface area contributed by atoms with Gasteiger partial charge in [0.05, 0.1) is 19.3 Å². The van der Waals surface area contributed by atoms with E-state index in [1.807, 2.05) is 39.0 Å². The number of methoxy groups -OCH3 is 1. The van der Waals surface area contributed by atoms with Crippen molar-refractivity contribution in [1.29, 1.82) is 0 Å². The van der Waals surface area contributed by atoms with E-state index in [-0.39, 0.29) is 24.4 Å². The first-order valence-electron chi connectivity index (χ1n) is 9.02. The average molecular weight is 387 g/mol. The lowest BCUT2D eigenvalue weighted by molar-refractivity contribution is -0.147. The molecule has 0 aliphatic carbocycles. The van der Waals surface area contributed by atoms with Crippen LogP contribution in [0.4, 0.5) is 0 Å². The minimum absolute atomic E-state index is 0. The van der Waals surface area contributed by atoms with E-state index in [4.69, 9.17) is 14.2 Å². The maximum atomic E-state index is 12.8. The molecule has 2 rings (SSSR count). The van der Waals surface area contributed by atoms with Crippen LogP contribution in [0.25, 0.3) is 0 Å². The lowest BCUT2D eigenvalue weighted by Crippen LogP contribution is -2.54. The quantitative estimate of drug-likeness (QED) is 0.719. The molecule has 1 heterocycles. The molecule has 0 bridgehead atoms. The van der Waals surface area contributed by atoms with Crippen LogP contribution in [-0.4, -0.2) is 44.9 Å². The molecular weight excluding hydrogens is 356 g/mol. The molecule has 1 unspecified atom stereocenters. The first kappa shape index (κ1) is 22.5. The van der Waals surface area contributed by atoms with E-state index in [9.17, 15) is 4.79 Å². The Morgan fingerprint density at radius 2 is 1.81 bits per heavy atom. The summed E-state index contributed by atoms with van der Waals surface area (Å²) in [5.74, 6) is 1.36. The second kappa shape index (κ2) is 10.6. The van der Waals surface area contributed by atoms with E-state index in [1.165, 1.54) is 0 Å². The predicted molar refractivity (Wildman–Crippen MR) is 104 cm³/mol. The largest absolute Gasteiger partial charge is 0.490 e. The molecule has 0 spiro atoms. The molecule has 2 N–H and O–H groups in total. The molecule has 1 saturated heterocycles. The number of carbonyl (C=O) groups excluding carboxylic acids is 1. The molecular formula is C19H31ClN2O4. The Labute approximate surface area is 162 Å². The summed E-state index contributed by atoms with van der Waals surface area (Å²) < 4.78 is 16.9. The summed E-state index contributed by atoms with van der Waals surface area (Å²) in [7, 11) is 1.61. The summed E-state index contributed by atoms with van der Waals surface area (Å²) in [6.45, 7) is 8.55. The Balaban J connectivity index is 0.00000338. The molecule has 1 fully saturated rings. The van der Waals surface area contributed by atoms with E-state index in [2.05, 4.69) is 10.6 Å². The molecule has 1 atom stereocenters. The minimum atomic E-state index is -0.743. The van der Waals surface area contributed by atoms with Crippen LogP contribution in [0.1, 0.15) is 45.2 Å². The molecule has 0 aromatic heterocycles. The second-order valence-corrected chi connectivity index (χ2v) is 6.22. The van der Waals surface area contributed by atoms with Crippen molar-refractivity contribution in [2.75, 3.05) is 33.4 Å². The summed E-state index contributed by atoms with van der Waals surface area (Å²) >= 11 is 0. The van der Waals surface area contributed by atoms with Crippen LogP contribution in [0.5, 0.6) is 11.5 Å². The van der Waals surface area contributed by atoms with E-state index in [1.54, 1.807) is 7.11 Å². The highest BCUT2D eigenvalue weighted by atomic mass is 35.5. The van der Waals surface area contributed by atoms with Crippen LogP contribution in [0.15, 0.2) is 18.2 Å². The number of amides is 1. The summed E-state index contributed by atoms with van der Waals surface area (Å²) in [4.78, 5) is 12.8. The number of piperidine rings is 1. The van der Waals surface area contributed by atoms with Crippen molar-refractivity contribution in [2.24, 2.45) is 0 Å². The molecule has 1 aliphatic heterocycles. The third kappa shape index (κ3) is 5.25. The van der Waals surface area contributed by atoms with Gasteiger partial charge in [0, 0.05) is 7.11 Å². The van der Waals surface area contributed by atoms with Gasteiger partial charge in [-0.05, 0) is 64.4 Å². The standard InChI is InChI=1S/C19H30N2O4.ClH/c1-5-24-16-8-7-15(13-17(16)25-6-2)14(3)21-18(22)19(23-4)9-11-20-12-10-19;/h7-8,13-14,20H,5-6,9-12H2,1-4H3,(H,21,22);1H. The van der Waals surface area contributed by atoms with Crippen LogP contribution >= 0.6 is 12.4 Å². The number of hydrogen-bond acceptors (Lipinski definition) is 5. The minimum Gasteiger partial charge on any atom is -0.490 e. The van der Waals surface area contributed by atoms with Crippen molar-refractivity contribution >= 4 is 18.3 Å². The highest BCUT2D eigenvalue weighted by molar-refractivity contribution is 5.86. The molecule has 1 amide bonds. The van der Waals surface area contributed by atoms with Crippen LogP contribution < -0.4 is 20.1 Å². The van der Waals surface area contributed by atoms with Crippen molar-refractivity contribution in [3.05, 3.63) is 23.8 Å². The topological polar surface area (TPSA) is 68.8 Å². The highest BCUT2D eigenvalue weighted by Gasteiger charge is 2.40. The number of benzene rings is 1. The van der Waals surface area contributed by atoms with Gasteiger partial charge in [0.15, 0.2) is 11.5 Å². The van der Waals surface area contributed by atoms with Gasteiger partial charge in [0.25, 0.3) is 5.91 Å². The van der Waals surface area contributed by atoms with Gasteiger partial charge < -0.3 is 24.8 Å². The maximum absolute atomic E-state index is 12.8. The Morgan fingerprint density at radius 1 is 1.19 bits per heavy atom. The van der Waals surface area contributed by atoms with Crippen LogP contribution in [0, 0.1) is 0 Å². The molecule has 1 aromatic rings. The van der Waals surface area contributed by atoms with Crippen molar-refractivity contribution in [1.82, 2.24) is 10.6 Å². The van der Waals surface area contributed by atoms with Crippen LogP contribution in [-0.2, 0) is 9.53 Å². The second-order valence-electron chi connectivity index (χ2n) is 6.22. The van der Waals surface area contributed by atoms with Gasteiger partial charge in [-0.25, -0.2) is 0 Å². The average Bonchev–Trinajstić information content (AvgIpc) is 2.64. The number of nitrogens with one attached hydrogen (secondary N) is 2. The third-order valence-corrected chi connectivity index (χ3v) is 4.63. The summed E-state index contributed by atoms with van der Waals surface area (Å²) in [5, 5.41) is 6.35. The normalized spacial score (nSPS) is 16.9. The number of rotatable bonds is 8. The smallest absolute Gasteiger partial charge is 0.252 e. The molecule has 1 aromatic carbocycles. The maximum Gasteiger partial charge on any atom is 0.252 e. The molecule has 26 heavy (non-hydrogen) atoms. The van der Waals surface area contributed by atoms with Crippen molar-refractivity contribution < 1.29 is 19.0 Å². The van der Waals surface area contributed by atoms with Gasteiger partial charge in [-0.3, -0.25) is 4.79 Å². The number of ether oxygens (including phenoxy) is 3. The molecule has 7 heteroatoms. The Bertz CT molecular complexity index is 577. The number of halogens is 1. The summed E-state index contributed by atoms with van der Waals surface area (Å²) in [5.41, 5.74) is 0.230. The molecule has 0 radical (unpaired) electrons. The molecule has 6 nitrogen and oxygen atoms in total. The van der Waals surface area contributed by atoms with Gasteiger partial charge in [0.2, 0.25) is 0 Å². The SMILES string of the molecule is CCOc1ccc(C(C)NC(=O)C2(OC)CCNCC2)cc1OCC.Cl. The van der Waals surface area contributed by atoms with E-state index in [0.717, 1.165) is 24.4 Å². The first-order chi connectivity index (χ1) is 12.1. The van der Waals surface area contributed by atoms with Crippen molar-refractivity contribution in [2.45, 2.75) is 45.3 Å². The number of hydrogen-bond donors (Lipinski definition) is 2. The fourth-order valence-corrected chi connectivity index (χ4v) is 3.10. The lowest BCUT2D eigenvalue weighted by Gasteiger charge is -2.35. The first-order valence-corrected chi connectivity index (χ1v) is 9.02. The van der Waals surface area contributed by atoms with Gasteiger partial charge >= 0.3 is 0 Å². The van der Waals surface area contributed by atoms with Crippen molar-refractivity contribution in [3.8, 4) is 11.5 Å². The molecule has 148 valence electrons. The van der Waals surface area contributed by atoms with Crippen LogP contribution in [0.2, 0.25) is 0 Å². The summed E-state index contributed by atoms with van der Waals surface area (Å²) in [6, 6.07) is 5.63. The fourth-order valence-electron chi connectivity index (χ4n) is 3.10. The Morgan fingerprint density at radius 3 is 2.38 bits per heavy atom. The van der Waals surface area contributed by atoms with E-state index < -0.39 is 5.60 Å². The zero-order chi connectivity index (χ0) is 18.3. The fraction of sp³-hybridized carbons (Fsp3) is 0.632. The highest BCUT2D eigenvalue weighted by Crippen LogP contribution is 2.31. The van der Waals surface area contributed by atoms with Gasteiger partial charge in [-0.15, -0.1) is 12.4 Å². The number of carbonyl (C=O) groups is 1. The summed E-state index contributed by atoms with van der Waals surface area (Å²) in [6.07, 6.45) is 1.35. The van der Waals surface area contributed by atoms with Gasteiger partial charge in [-0.2, -0.15) is 0 Å². The monoisotopic (exact) mass is 386 g/mol. The lowest BCUT2D eigenvalue weighted by atomic mass is 9.90. The van der Waals surface area contributed by atoms with Gasteiger partial charge in [-0.1, -0.05) is 6.07 Å². The Kier molecular flexibility index (Phi) is 9.19. The zero-order valence-corrected chi connectivity index (χ0v) is 16.9. The Hall–Kier alpha value is -1.50. The predicted octanol–water partition coefficient (Wildman–Crippen LogP) is 2.85. The molecule has 1 aliphatic rings. The molecule has 0 saturated carbocycles. The zero-order valence-electron chi connectivity index (χ0n) is 16.1. The van der Waals surface area contributed by atoms with Crippen LogP contribution in [0.3, 0.4) is 0 Å². The van der Waals surface area contributed by atoms with E-state index in [0.29, 0.717) is 31.8 Å².